The van der Waals surface area contributed by atoms with Gasteiger partial charge in [0.1, 0.15) is 0 Å². The van der Waals surface area contributed by atoms with Crippen molar-refractivity contribution in [2.24, 2.45) is 4.99 Å². The Morgan fingerprint density at radius 2 is 1.29 bits per heavy atom. The van der Waals surface area contributed by atoms with Gasteiger partial charge in [0, 0.05) is 18.1 Å². The Kier molecular flexibility index (Phi) is 7.92. The van der Waals surface area contributed by atoms with Crippen molar-refractivity contribution in [1.29, 1.82) is 0 Å². The zero-order valence-electron chi connectivity index (χ0n) is 22.1. The first-order valence-electron chi connectivity index (χ1n) is 12.8. The minimum Gasteiger partial charge on any atom is -0.297 e. The van der Waals surface area contributed by atoms with Gasteiger partial charge in [-0.15, -0.1) is 11.3 Å². The molecule has 0 saturated carbocycles. The van der Waals surface area contributed by atoms with Gasteiger partial charge in [-0.2, -0.15) is 0 Å². The van der Waals surface area contributed by atoms with Crippen LogP contribution >= 0.6 is 11.3 Å². The van der Waals surface area contributed by atoms with Crippen LogP contribution in [0.5, 0.6) is 0 Å². The molecule has 0 aliphatic carbocycles. The molecule has 0 spiro atoms. The Labute approximate surface area is 230 Å². The number of aliphatic imine (C=N–C) groups is 1. The van der Waals surface area contributed by atoms with Crippen molar-refractivity contribution >= 4 is 23.1 Å². The Balaban J connectivity index is 1.56. The highest BCUT2D eigenvalue weighted by molar-refractivity contribution is 7.13. The van der Waals surface area contributed by atoms with E-state index < -0.39 is 0 Å². The molecule has 0 atom stereocenters. The first kappa shape index (κ1) is 25.4. The smallest absolute Gasteiger partial charge is 0.0343 e. The number of allylic oxidation sites excluding steroid dienone is 4. The molecule has 0 aliphatic rings. The predicted octanol–water partition coefficient (Wildman–Crippen LogP) is 10.4. The van der Waals surface area contributed by atoms with Gasteiger partial charge in [-0.05, 0) is 117 Å². The molecular weight excluding hydrogens is 478 g/mol. The SMILES string of the molecule is CN=C/C=C\C=C(/C)c1cc(-c2cccc(-c3cc(-c4ccccc4)cc(-c4cccs4)c3)c2)ccc1C. The van der Waals surface area contributed by atoms with E-state index in [0.29, 0.717) is 0 Å². The Morgan fingerprint density at radius 3 is 2.03 bits per heavy atom. The third kappa shape index (κ3) is 5.82. The Bertz CT molecular complexity index is 1620. The second kappa shape index (κ2) is 11.9. The number of rotatable bonds is 7. The summed E-state index contributed by atoms with van der Waals surface area (Å²) in [5.41, 5.74) is 12.4. The number of aryl methyl sites for hydroxylation is 1. The lowest BCUT2D eigenvalue weighted by Gasteiger charge is -2.13. The highest BCUT2D eigenvalue weighted by Gasteiger charge is 2.10. The molecular formula is C36H31NS. The summed E-state index contributed by atoms with van der Waals surface area (Å²) < 4.78 is 0. The van der Waals surface area contributed by atoms with Crippen molar-refractivity contribution in [3.05, 3.63) is 138 Å². The second-order valence-electron chi connectivity index (χ2n) is 9.39. The zero-order chi connectivity index (χ0) is 26.3. The van der Waals surface area contributed by atoms with Gasteiger partial charge in [0.25, 0.3) is 0 Å². The summed E-state index contributed by atoms with van der Waals surface area (Å²) in [7, 11) is 1.78. The van der Waals surface area contributed by atoms with Gasteiger partial charge < -0.3 is 0 Å². The highest BCUT2D eigenvalue weighted by atomic mass is 32.1. The topological polar surface area (TPSA) is 12.4 Å². The van der Waals surface area contributed by atoms with E-state index in [4.69, 9.17) is 0 Å². The summed E-state index contributed by atoms with van der Waals surface area (Å²) in [6.45, 7) is 4.34. The average molecular weight is 510 g/mol. The van der Waals surface area contributed by atoms with Gasteiger partial charge in [-0.1, -0.05) is 78.9 Å². The number of nitrogens with zero attached hydrogens (tertiary/aromatic N) is 1. The fourth-order valence-corrected chi connectivity index (χ4v) is 5.42. The maximum atomic E-state index is 4.01. The number of hydrogen-bond acceptors (Lipinski definition) is 2. The largest absolute Gasteiger partial charge is 0.297 e. The van der Waals surface area contributed by atoms with Crippen LogP contribution in [0.3, 0.4) is 0 Å². The number of thiophene rings is 1. The van der Waals surface area contributed by atoms with E-state index in [1.807, 2.05) is 12.2 Å². The molecule has 1 aromatic heterocycles. The molecule has 0 amide bonds. The van der Waals surface area contributed by atoms with Crippen molar-refractivity contribution < 1.29 is 0 Å². The van der Waals surface area contributed by atoms with Gasteiger partial charge in [-0.3, -0.25) is 4.99 Å². The van der Waals surface area contributed by atoms with Crippen LogP contribution in [-0.2, 0) is 0 Å². The van der Waals surface area contributed by atoms with Gasteiger partial charge in [0.15, 0.2) is 0 Å². The lowest BCUT2D eigenvalue weighted by molar-refractivity contribution is 1.41. The highest BCUT2D eigenvalue weighted by Crippen LogP contribution is 2.36. The van der Waals surface area contributed by atoms with Crippen LogP contribution in [-0.4, -0.2) is 13.3 Å². The molecule has 5 rings (SSSR count). The van der Waals surface area contributed by atoms with Crippen molar-refractivity contribution in [3.63, 3.8) is 0 Å². The zero-order valence-corrected chi connectivity index (χ0v) is 22.9. The molecule has 0 bridgehead atoms. The van der Waals surface area contributed by atoms with Gasteiger partial charge in [0.05, 0.1) is 0 Å². The molecule has 5 aromatic rings. The van der Waals surface area contributed by atoms with Crippen molar-refractivity contribution in [2.75, 3.05) is 7.05 Å². The molecule has 1 nitrogen and oxygen atoms in total. The molecule has 4 aromatic carbocycles. The lowest BCUT2D eigenvalue weighted by atomic mass is 9.92. The van der Waals surface area contributed by atoms with Crippen molar-refractivity contribution in [3.8, 4) is 43.8 Å². The fraction of sp³-hybridized carbons (Fsp3) is 0.0833. The van der Waals surface area contributed by atoms with E-state index in [1.54, 1.807) is 24.6 Å². The van der Waals surface area contributed by atoms with Crippen LogP contribution in [0.2, 0.25) is 0 Å². The normalized spacial score (nSPS) is 12.0. The van der Waals surface area contributed by atoms with Gasteiger partial charge in [-0.25, -0.2) is 0 Å². The molecule has 0 N–H and O–H groups in total. The quantitative estimate of drug-likeness (QED) is 0.153. The molecule has 2 heteroatoms. The Hall–Kier alpha value is -4.27. The molecule has 0 fully saturated rings. The maximum absolute atomic E-state index is 4.01. The summed E-state index contributed by atoms with van der Waals surface area (Å²) in [6.07, 6.45) is 7.95. The molecule has 0 aliphatic heterocycles. The molecule has 186 valence electrons. The van der Waals surface area contributed by atoms with Gasteiger partial charge in [0.2, 0.25) is 0 Å². The molecule has 38 heavy (non-hydrogen) atoms. The second-order valence-corrected chi connectivity index (χ2v) is 10.3. The minimum absolute atomic E-state index is 1.22. The molecule has 1 heterocycles. The molecule has 0 radical (unpaired) electrons. The number of benzene rings is 4. The van der Waals surface area contributed by atoms with E-state index in [1.165, 1.54) is 60.5 Å². The summed E-state index contributed by atoms with van der Waals surface area (Å²) in [4.78, 5) is 5.29. The van der Waals surface area contributed by atoms with Crippen LogP contribution in [0.1, 0.15) is 18.1 Å². The van der Waals surface area contributed by atoms with Crippen LogP contribution in [0, 0.1) is 6.92 Å². The van der Waals surface area contributed by atoms with Crippen LogP contribution in [0.4, 0.5) is 0 Å². The average Bonchev–Trinajstić information content (AvgIpc) is 3.51. The molecule has 0 unspecified atom stereocenters. The first-order chi connectivity index (χ1) is 18.6. The van der Waals surface area contributed by atoms with Crippen molar-refractivity contribution in [2.45, 2.75) is 13.8 Å². The van der Waals surface area contributed by atoms with Crippen molar-refractivity contribution in [1.82, 2.24) is 0 Å². The fourth-order valence-electron chi connectivity index (χ4n) is 4.71. The monoisotopic (exact) mass is 509 g/mol. The minimum atomic E-state index is 1.22. The summed E-state index contributed by atoms with van der Waals surface area (Å²) in [5.74, 6) is 0. The lowest BCUT2D eigenvalue weighted by Crippen LogP contribution is -1.89. The molecule has 0 saturated heterocycles. The third-order valence-electron chi connectivity index (χ3n) is 6.73. The van der Waals surface area contributed by atoms with Gasteiger partial charge >= 0.3 is 0 Å². The Morgan fingerprint density at radius 1 is 0.632 bits per heavy atom. The van der Waals surface area contributed by atoms with E-state index in [2.05, 4.69) is 133 Å². The summed E-state index contributed by atoms with van der Waals surface area (Å²) >= 11 is 1.78. The van der Waals surface area contributed by atoms with E-state index >= 15 is 0 Å². The van der Waals surface area contributed by atoms with E-state index in [9.17, 15) is 0 Å². The predicted molar refractivity (Wildman–Crippen MR) is 168 cm³/mol. The summed E-state index contributed by atoms with van der Waals surface area (Å²) in [5, 5.41) is 2.14. The summed E-state index contributed by atoms with van der Waals surface area (Å²) in [6, 6.07) is 37.5. The first-order valence-corrected chi connectivity index (χ1v) is 13.7. The number of hydrogen-bond donors (Lipinski definition) is 0. The standard InChI is InChI=1S/C36H31NS/c1-26(11-7-8-19-37-3)35-25-31(18-17-27(35)2)29-14-9-15-30(21-29)33-22-32(28-12-5-4-6-13-28)23-34(24-33)36-16-10-20-38-36/h4-25H,1-3H3/b8-7-,26-11+,37-19?. The van der Waals surface area contributed by atoms with Crippen LogP contribution in [0.25, 0.3) is 49.4 Å². The maximum Gasteiger partial charge on any atom is 0.0343 e. The van der Waals surface area contributed by atoms with Crippen LogP contribution < -0.4 is 0 Å². The third-order valence-corrected chi connectivity index (χ3v) is 7.65. The van der Waals surface area contributed by atoms with E-state index in [0.717, 1.165) is 0 Å². The van der Waals surface area contributed by atoms with E-state index in [-0.39, 0.29) is 0 Å². The van der Waals surface area contributed by atoms with Crippen LogP contribution in [0.15, 0.2) is 132 Å².